The molecule has 1 aromatic carbocycles. The van der Waals surface area contributed by atoms with Gasteiger partial charge in [-0.05, 0) is 25.0 Å². The molecule has 21 heavy (non-hydrogen) atoms. The van der Waals surface area contributed by atoms with Crippen LogP contribution in [0.5, 0.6) is 0 Å². The van der Waals surface area contributed by atoms with Gasteiger partial charge in [0, 0.05) is 39.4 Å². The largest absolute Gasteiger partial charge is 0.383 e. The number of rotatable bonds is 9. The summed E-state index contributed by atoms with van der Waals surface area (Å²) in [6.45, 7) is 6.44. The Kier molecular flexibility index (Phi) is 7.11. The molecular formula is C15H25N3O3. The molecule has 1 rings (SSSR count). The van der Waals surface area contributed by atoms with E-state index in [0.29, 0.717) is 24.9 Å². The lowest BCUT2D eigenvalue weighted by atomic mass is 10.1. The second-order valence-corrected chi connectivity index (χ2v) is 5.08. The Morgan fingerprint density at radius 1 is 1.48 bits per heavy atom. The number of nitrogens with one attached hydrogen (secondary N) is 1. The third kappa shape index (κ3) is 4.99. The molecule has 1 aromatic rings. The van der Waals surface area contributed by atoms with Gasteiger partial charge >= 0.3 is 0 Å². The number of anilines is 1. The molecule has 0 aliphatic heterocycles. The third-order valence-corrected chi connectivity index (χ3v) is 3.71. The minimum Gasteiger partial charge on any atom is -0.383 e. The van der Waals surface area contributed by atoms with Gasteiger partial charge in [-0.3, -0.25) is 15.0 Å². The van der Waals surface area contributed by atoms with Gasteiger partial charge in [0.05, 0.1) is 11.5 Å². The first-order valence-electron chi connectivity index (χ1n) is 7.21. The topological polar surface area (TPSA) is 67.6 Å². The van der Waals surface area contributed by atoms with Gasteiger partial charge < -0.3 is 10.1 Å². The van der Waals surface area contributed by atoms with Crippen LogP contribution in [0.25, 0.3) is 0 Å². The van der Waals surface area contributed by atoms with E-state index in [1.807, 2.05) is 6.07 Å². The fourth-order valence-corrected chi connectivity index (χ4v) is 2.19. The van der Waals surface area contributed by atoms with Crippen LogP contribution in [0.4, 0.5) is 11.4 Å². The van der Waals surface area contributed by atoms with Gasteiger partial charge in [0.15, 0.2) is 0 Å². The zero-order chi connectivity index (χ0) is 15.8. The summed E-state index contributed by atoms with van der Waals surface area (Å²) in [4.78, 5) is 13.0. The molecule has 1 N–H and O–H groups in total. The Morgan fingerprint density at radius 2 is 2.19 bits per heavy atom. The number of nitro benzene ring substituents is 1. The van der Waals surface area contributed by atoms with Gasteiger partial charge in [0.2, 0.25) is 0 Å². The van der Waals surface area contributed by atoms with Gasteiger partial charge in [-0.25, -0.2) is 0 Å². The molecule has 0 saturated carbocycles. The normalized spacial score (nSPS) is 12.4. The number of benzene rings is 1. The van der Waals surface area contributed by atoms with Crippen molar-refractivity contribution in [3.8, 4) is 0 Å². The first-order chi connectivity index (χ1) is 10.0. The fourth-order valence-electron chi connectivity index (χ4n) is 2.19. The van der Waals surface area contributed by atoms with Crippen LogP contribution in [0.2, 0.25) is 0 Å². The molecule has 0 spiro atoms. The average Bonchev–Trinajstić information content (AvgIpc) is 2.50. The van der Waals surface area contributed by atoms with Crippen LogP contribution < -0.4 is 5.32 Å². The summed E-state index contributed by atoms with van der Waals surface area (Å²) in [5.41, 5.74) is 1.60. The molecular weight excluding hydrogens is 270 g/mol. The highest BCUT2D eigenvalue weighted by atomic mass is 16.6. The molecule has 1 atom stereocenters. The summed E-state index contributed by atoms with van der Waals surface area (Å²) < 4.78 is 5.14. The first-order valence-corrected chi connectivity index (χ1v) is 7.21. The molecule has 0 aromatic heterocycles. The van der Waals surface area contributed by atoms with Gasteiger partial charge in [-0.15, -0.1) is 0 Å². The van der Waals surface area contributed by atoms with Crippen LogP contribution in [0.15, 0.2) is 18.2 Å². The van der Waals surface area contributed by atoms with E-state index in [2.05, 4.69) is 24.1 Å². The summed E-state index contributed by atoms with van der Waals surface area (Å²) in [6, 6.07) is 5.75. The van der Waals surface area contributed by atoms with Gasteiger partial charge in [-0.2, -0.15) is 0 Å². The minimum absolute atomic E-state index is 0.117. The smallest absolute Gasteiger partial charge is 0.292 e. The van der Waals surface area contributed by atoms with Crippen LogP contribution in [0.3, 0.4) is 0 Å². The monoisotopic (exact) mass is 295 g/mol. The van der Waals surface area contributed by atoms with Crippen LogP contribution >= 0.6 is 0 Å². The van der Waals surface area contributed by atoms with E-state index in [9.17, 15) is 10.1 Å². The number of hydrogen-bond acceptors (Lipinski definition) is 5. The molecule has 0 fully saturated rings. The maximum atomic E-state index is 11.1. The van der Waals surface area contributed by atoms with Crippen LogP contribution in [0, 0.1) is 10.1 Å². The predicted molar refractivity (Wildman–Crippen MR) is 84.7 cm³/mol. The number of hydrogen-bond donors (Lipinski definition) is 1. The zero-order valence-electron chi connectivity index (χ0n) is 13.3. The molecule has 118 valence electrons. The summed E-state index contributed by atoms with van der Waals surface area (Å²) >= 11 is 0. The molecule has 0 bridgehead atoms. The molecule has 0 aliphatic rings. The molecule has 6 heteroatoms. The van der Waals surface area contributed by atoms with E-state index in [1.54, 1.807) is 26.3 Å². The predicted octanol–water partition coefficient (Wildman–Crippen LogP) is 2.88. The fraction of sp³-hybridized carbons (Fsp3) is 0.600. The lowest BCUT2D eigenvalue weighted by Gasteiger charge is -2.28. The Bertz CT molecular complexity index is 465. The van der Waals surface area contributed by atoms with Crippen molar-refractivity contribution in [2.24, 2.45) is 0 Å². The van der Waals surface area contributed by atoms with Crippen molar-refractivity contribution >= 4 is 11.4 Å². The molecule has 0 amide bonds. The van der Waals surface area contributed by atoms with Crippen LogP contribution in [-0.4, -0.2) is 43.2 Å². The van der Waals surface area contributed by atoms with Gasteiger partial charge in [0.25, 0.3) is 5.69 Å². The highest BCUT2D eigenvalue weighted by Crippen LogP contribution is 2.26. The number of nitro groups is 1. The van der Waals surface area contributed by atoms with E-state index in [4.69, 9.17) is 4.74 Å². The number of methoxy groups -OCH3 is 1. The SMILES string of the molecule is CCC(C)N(CCOC)Cc1ccc(NC)c([N+](=O)[O-])c1. The molecule has 0 radical (unpaired) electrons. The van der Waals surface area contributed by atoms with E-state index in [-0.39, 0.29) is 10.6 Å². The number of nitrogens with zero attached hydrogens (tertiary/aromatic N) is 2. The van der Waals surface area contributed by atoms with Crippen LogP contribution in [0.1, 0.15) is 25.8 Å². The van der Waals surface area contributed by atoms with Crippen molar-refractivity contribution in [3.05, 3.63) is 33.9 Å². The summed E-state index contributed by atoms with van der Waals surface area (Å²) in [5.74, 6) is 0. The lowest BCUT2D eigenvalue weighted by molar-refractivity contribution is -0.384. The number of ether oxygens (including phenoxy) is 1. The summed E-state index contributed by atoms with van der Waals surface area (Å²) in [7, 11) is 3.37. The zero-order valence-corrected chi connectivity index (χ0v) is 13.3. The van der Waals surface area contributed by atoms with Crippen molar-refractivity contribution < 1.29 is 9.66 Å². The van der Waals surface area contributed by atoms with E-state index >= 15 is 0 Å². The maximum Gasteiger partial charge on any atom is 0.292 e. The van der Waals surface area contributed by atoms with E-state index in [0.717, 1.165) is 18.5 Å². The van der Waals surface area contributed by atoms with Crippen LogP contribution in [-0.2, 0) is 11.3 Å². The van der Waals surface area contributed by atoms with Crippen molar-refractivity contribution in [1.82, 2.24) is 4.90 Å². The second-order valence-electron chi connectivity index (χ2n) is 5.08. The van der Waals surface area contributed by atoms with Gasteiger partial charge in [0.1, 0.15) is 5.69 Å². The molecule has 1 unspecified atom stereocenters. The van der Waals surface area contributed by atoms with E-state index in [1.165, 1.54) is 0 Å². The summed E-state index contributed by atoms with van der Waals surface area (Å²) in [6.07, 6.45) is 1.03. The lowest BCUT2D eigenvalue weighted by Crippen LogP contribution is -2.34. The standard InChI is InChI=1S/C15H25N3O3/c1-5-12(2)17(8-9-21-4)11-13-6-7-14(16-3)15(10-13)18(19)20/h6-7,10,12,16H,5,8-9,11H2,1-4H3. The van der Waals surface area contributed by atoms with Crippen molar-refractivity contribution in [2.75, 3.05) is 32.6 Å². The second kappa shape index (κ2) is 8.59. The third-order valence-electron chi connectivity index (χ3n) is 3.71. The quantitative estimate of drug-likeness (QED) is 0.560. The maximum absolute atomic E-state index is 11.1. The molecule has 0 saturated heterocycles. The Balaban J connectivity index is 2.92. The highest BCUT2D eigenvalue weighted by molar-refractivity contribution is 5.62. The molecule has 0 heterocycles. The van der Waals surface area contributed by atoms with Gasteiger partial charge in [-0.1, -0.05) is 13.0 Å². The molecule has 0 aliphatic carbocycles. The summed E-state index contributed by atoms with van der Waals surface area (Å²) in [5, 5.41) is 14.0. The Morgan fingerprint density at radius 3 is 2.71 bits per heavy atom. The minimum atomic E-state index is -0.349. The van der Waals surface area contributed by atoms with Crippen molar-refractivity contribution in [1.29, 1.82) is 0 Å². The highest BCUT2D eigenvalue weighted by Gasteiger charge is 2.17. The first kappa shape index (κ1) is 17.4. The Labute approximate surface area is 126 Å². The molecule has 6 nitrogen and oxygen atoms in total. The van der Waals surface area contributed by atoms with Crippen molar-refractivity contribution in [3.63, 3.8) is 0 Å². The average molecular weight is 295 g/mol. The van der Waals surface area contributed by atoms with Crippen molar-refractivity contribution in [2.45, 2.75) is 32.9 Å². The Hall–Kier alpha value is -1.66. The van der Waals surface area contributed by atoms with E-state index < -0.39 is 0 Å².